The summed E-state index contributed by atoms with van der Waals surface area (Å²) in [7, 11) is -5.38. The lowest BCUT2D eigenvalue weighted by Crippen LogP contribution is -2.55. The van der Waals surface area contributed by atoms with Gasteiger partial charge in [-0.15, -0.1) is 0 Å². The van der Waals surface area contributed by atoms with Crippen LogP contribution < -0.4 is 11.5 Å². The van der Waals surface area contributed by atoms with Gasteiger partial charge in [-0.25, -0.2) is 0 Å². The second-order valence-corrected chi connectivity index (χ2v) is 9.22. The standard InChI is InChI=1S/C14H31BN4O6S/c1-11(2)8-18(7-6-16)26(24,25)19-9-12(4-3-5-15(22)23)14(17,10-19)13(20)21/h11-12,22-23H,3-10,16-17H2,1-2H3,(H,20,21)/t12-,14-/m0/s1. The Balaban J connectivity index is 3.00. The maximum absolute atomic E-state index is 13.0. The van der Waals surface area contributed by atoms with Gasteiger partial charge in [-0.3, -0.25) is 4.79 Å². The third-order valence-corrected chi connectivity index (χ3v) is 6.52. The van der Waals surface area contributed by atoms with Crippen LogP contribution in [-0.4, -0.2) is 83.5 Å². The van der Waals surface area contributed by atoms with E-state index in [2.05, 4.69) is 0 Å². The monoisotopic (exact) mass is 394 g/mol. The molecule has 1 fully saturated rings. The van der Waals surface area contributed by atoms with Crippen LogP contribution in [0.1, 0.15) is 26.7 Å². The van der Waals surface area contributed by atoms with Crippen LogP contribution in [0.25, 0.3) is 0 Å². The minimum atomic E-state index is -3.89. The van der Waals surface area contributed by atoms with Gasteiger partial charge in [0, 0.05) is 38.6 Å². The van der Waals surface area contributed by atoms with Gasteiger partial charge in [0.05, 0.1) is 0 Å². The normalized spacial score (nSPS) is 24.5. The Bertz CT molecular complexity index is 576. The molecule has 0 aromatic rings. The average molecular weight is 394 g/mol. The number of nitrogens with zero attached hydrogens (tertiary/aromatic N) is 2. The molecule has 0 spiro atoms. The van der Waals surface area contributed by atoms with E-state index >= 15 is 0 Å². The molecule has 0 aliphatic carbocycles. The summed E-state index contributed by atoms with van der Waals surface area (Å²) in [5, 5.41) is 27.4. The molecule has 1 rings (SSSR count). The molecule has 2 atom stereocenters. The molecular weight excluding hydrogens is 363 g/mol. The van der Waals surface area contributed by atoms with Gasteiger partial charge in [0.25, 0.3) is 10.2 Å². The molecular formula is C14H31BN4O6S. The largest absolute Gasteiger partial charge is 0.480 e. The first-order valence-electron chi connectivity index (χ1n) is 8.78. The molecule has 26 heavy (non-hydrogen) atoms. The van der Waals surface area contributed by atoms with Gasteiger partial charge in [-0.05, 0) is 18.7 Å². The zero-order valence-electron chi connectivity index (χ0n) is 15.4. The summed E-state index contributed by atoms with van der Waals surface area (Å²) < 4.78 is 28.3. The van der Waals surface area contributed by atoms with E-state index in [1.54, 1.807) is 0 Å². The number of hydrogen-bond donors (Lipinski definition) is 5. The van der Waals surface area contributed by atoms with Crippen molar-refractivity contribution in [2.24, 2.45) is 23.3 Å². The molecule has 0 amide bonds. The van der Waals surface area contributed by atoms with E-state index in [1.807, 2.05) is 13.8 Å². The first-order valence-corrected chi connectivity index (χ1v) is 10.2. The Kier molecular flexibility index (Phi) is 8.46. The highest BCUT2D eigenvalue weighted by Gasteiger charge is 2.53. The van der Waals surface area contributed by atoms with Crippen molar-refractivity contribution < 1.29 is 28.4 Å². The van der Waals surface area contributed by atoms with E-state index in [0.29, 0.717) is 6.42 Å². The van der Waals surface area contributed by atoms with Crippen LogP contribution in [0.4, 0.5) is 0 Å². The quantitative estimate of drug-likeness (QED) is 0.253. The van der Waals surface area contributed by atoms with E-state index in [1.165, 1.54) is 4.31 Å². The summed E-state index contributed by atoms with van der Waals surface area (Å²) >= 11 is 0. The van der Waals surface area contributed by atoms with Crippen molar-refractivity contribution in [3.8, 4) is 0 Å². The van der Waals surface area contributed by atoms with Gasteiger partial charge >= 0.3 is 13.1 Å². The minimum absolute atomic E-state index is 0.0220. The fraction of sp³-hybridized carbons (Fsp3) is 0.929. The van der Waals surface area contributed by atoms with Crippen molar-refractivity contribution in [1.29, 1.82) is 0 Å². The Labute approximate surface area is 155 Å². The fourth-order valence-corrected chi connectivity index (χ4v) is 5.12. The first kappa shape index (κ1) is 23.3. The molecule has 10 nitrogen and oxygen atoms in total. The highest BCUT2D eigenvalue weighted by molar-refractivity contribution is 7.86. The fourth-order valence-electron chi connectivity index (χ4n) is 3.22. The molecule has 0 unspecified atom stereocenters. The van der Waals surface area contributed by atoms with Crippen LogP contribution in [0, 0.1) is 11.8 Å². The molecule has 0 bridgehead atoms. The lowest BCUT2D eigenvalue weighted by molar-refractivity contribution is -0.144. The number of carbonyl (C=O) groups is 1. The Hall–Kier alpha value is -0.755. The van der Waals surface area contributed by atoms with Crippen molar-refractivity contribution in [2.45, 2.75) is 38.5 Å². The van der Waals surface area contributed by atoms with Gasteiger partial charge in [0.2, 0.25) is 0 Å². The maximum atomic E-state index is 13.0. The number of rotatable bonds is 11. The highest BCUT2D eigenvalue weighted by Crippen LogP contribution is 2.33. The average Bonchev–Trinajstić information content (AvgIpc) is 2.85. The van der Waals surface area contributed by atoms with E-state index in [0.717, 1.165) is 4.31 Å². The Morgan fingerprint density at radius 3 is 2.50 bits per heavy atom. The lowest BCUT2D eigenvalue weighted by Gasteiger charge is -2.29. The molecule has 1 heterocycles. The number of nitrogens with two attached hydrogens (primary N) is 2. The SMILES string of the molecule is CC(C)CN(CCN)S(=O)(=O)N1C[C@H](CCCB(O)O)[C@](N)(C(=O)O)C1. The van der Waals surface area contributed by atoms with Gasteiger partial charge in [0.1, 0.15) is 5.54 Å². The summed E-state index contributed by atoms with van der Waals surface area (Å²) in [6.45, 7) is 4.00. The zero-order chi connectivity index (χ0) is 20.1. The Morgan fingerprint density at radius 1 is 1.42 bits per heavy atom. The smallest absolute Gasteiger partial charge is 0.451 e. The van der Waals surface area contributed by atoms with Crippen LogP contribution in [-0.2, 0) is 15.0 Å². The van der Waals surface area contributed by atoms with E-state index in [-0.39, 0.29) is 51.4 Å². The van der Waals surface area contributed by atoms with Crippen LogP contribution >= 0.6 is 0 Å². The molecule has 0 aromatic heterocycles. The molecule has 0 aromatic carbocycles. The Morgan fingerprint density at radius 2 is 2.04 bits per heavy atom. The van der Waals surface area contributed by atoms with Gasteiger partial charge < -0.3 is 26.6 Å². The number of hydrogen-bond acceptors (Lipinski definition) is 7. The van der Waals surface area contributed by atoms with Crippen LogP contribution in [0.15, 0.2) is 0 Å². The van der Waals surface area contributed by atoms with Gasteiger partial charge in [-0.1, -0.05) is 20.3 Å². The molecule has 1 aliphatic heterocycles. The van der Waals surface area contributed by atoms with Crippen LogP contribution in [0.3, 0.4) is 0 Å². The predicted octanol–water partition coefficient (Wildman–Crippen LogP) is -1.89. The molecule has 12 heteroatoms. The summed E-state index contributed by atoms with van der Waals surface area (Å²) in [6.07, 6.45) is 0.695. The third kappa shape index (κ3) is 5.62. The molecule has 0 saturated carbocycles. The van der Waals surface area contributed by atoms with Crippen molar-refractivity contribution in [3.63, 3.8) is 0 Å². The second kappa shape index (κ2) is 9.44. The number of aliphatic carboxylic acids is 1. The maximum Gasteiger partial charge on any atom is 0.451 e. The van der Waals surface area contributed by atoms with Crippen molar-refractivity contribution in [3.05, 3.63) is 0 Å². The molecule has 7 N–H and O–H groups in total. The van der Waals surface area contributed by atoms with Gasteiger partial charge in [-0.2, -0.15) is 17.0 Å². The van der Waals surface area contributed by atoms with E-state index < -0.39 is 34.8 Å². The summed E-state index contributed by atoms with van der Waals surface area (Å²) in [5.74, 6) is -1.80. The molecule has 0 radical (unpaired) electrons. The summed E-state index contributed by atoms with van der Waals surface area (Å²) in [5.41, 5.74) is 9.88. The third-order valence-electron chi connectivity index (χ3n) is 4.60. The molecule has 152 valence electrons. The second-order valence-electron chi connectivity index (χ2n) is 7.29. The summed E-state index contributed by atoms with van der Waals surface area (Å²) in [6, 6.07) is 0. The zero-order valence-corrected chi connectivity index (χ0v) is 16.2. The molecule has 1 saturated heterocycles. The van der Waals surface area contributed by atoms with E-state index in [9.17, 15) is 18.3 Å². The lowest BCUT2D eigenvalue weighted by atomic mass is 9.78. The topological polar surface area (TPSA) is 170 Å². The van der Waals surface area contributed by atoms with Crippen molar-refractivity contribution in [2.75, 3.05) is 32.7 Å². The van der Waals surface area contributed by atoms with Crippen LogP contribution in [0.5, 0.6) is 0 Å². The molecule has 1 aliphatic rings. The van der Waals surface area contributed by atoms with Crippen molar-refractivity contribution >= 4 is 23.3 Å². The predicted molar refractivity (Wildman–Crippen MR) is 98.2 cm³/mol. The number of carboxylic acid groups (broad SMARTS) is 1. The summed E-state index contributed by atoms with van der Waals surface area (Å²) in [4.78, 5) is 11.7. The van der Waals surface area contributed by atoms with Crippen molar-refractivity contribution in [1.82, 2.24) is 8.61 Å². The number of carboxylic acids is 1. The minimum Gasteiger partial charge on any atom is -0.480 e. The van der Waals surface area contributed by atoms with Crippen LogP contribution in [0.2, 0.25) is 6.32 Å². The first-order chi connectivity index (χ1) is 11.9. The highest BCUT2D eigenvalue weighted by atomic mass is 32.2. The van der Waals surface area contributed by atoms with E-state index in [4.69, 9.17) is 21.5 Å². The van der Waals surface area contributed by atoms with Gasteiger partial charge in [0.15, 0.2) is 0 Å².